The summed E-state index contributed by atoms with van der Waals surface area (Å²) in [6.45, 7) is 4.69. The van der Waals surface area contributed by atoms with E-state index in [9.17, 15) is 4.79 Å². The van der Waals surface area contributed by atoms with Crippen molar-refractivity contribution in [3.8, 4) is 0 Å². The lowest BCUT2D eigenvalue weighted by Crippen LogP contribution is -2.34. The molecule has 6 heteroatoms. The fourth-order valence-electron chi connectivity index (χ4n) is 1.55. The van der Waals surface area contributed by atoms with Crippen LogP contribution < -0.4 is 4.90 Å². The van der Waals surface area contributed by atoms with Crippen LogP contribution in [0.15, 0.2) is 6.33 Å². The predicted octanol–water partition coefficient (Wildman–Crippen LogP) is 1.54. The number of halogens is 1. The van der Waals surface area contributed by atoms with Crippen molar-refractivity contribution in [3.05, 3.63) is 17.0 Å². The van der Waals surface area contributed by atoms with E-state index >= 15 is 0 Å². The van der Waals surface area contributed by atoms with E-state index in [4.69, 9.17) is 16.7 Å². The zero-order valence-electron chi connectivity index (χ0n) is 9.93. The van der Waals surface area contributed by atoms with Crippen LogP contribution in [-0.4, -0.2) is 40.6 Å². The molecule has 0 aliphatic heterocycles. The number of carbonyl (C=O) groups excluding carboxylic acids is 1. The number of aldehydes is 1. The Kier molecular flexibility index (Phi) is 5.31. The Balaban J connectivity index is 3.09. The standard InChI is InChI=1S/C11H16ClN3O2/c1-8(2)15(4-3-5-16)11-9(6-17)10(12)13-7-14-11/h6-8,16H,3-5H2,1-2H3. The zero-order chi connectivity index (χ0) is 12.8. The first-order valence-corrected chi connectivity index (χ1v) is 5.82. The van der Waals surface area contributed by atoms with Gasteiger partial charge in [0.2, 0.25) is 0 Å². The van der Waals surface area contributed by atoms with Gasteiger partial charge in [-0.05, 0) is 20.3 Å². The molecule has 0 aliphatic rings. The molecule has 0 fully saturated rings. The Morgan fingerprint density at radius 3 is 2.76 bits per heavy atom. The van der Waals surface area contributed by atoms with Gasteiger partial charge in [-0.3, -0.25) is 4.79 Å². The van der Waals surface area contributed by atoms with Gasteiger partial charge < -0.3 is 10.0 Å². The molecule has 0 aliphatic carbocycles. The lowest BCUT2D eigenvalue weighted by atomic mass is 10.2. The number of aliphatic hydroxyl groups is 1. The van der Waals surface area contributed by atoms with E-state index in [2.05, 4.69) is 9.97 Å². The first-order valence-electron chi connectivity index (χ1n) is 5.45. The van der Waals surface area contributed by atoms with Crippen molar-refractivity contribution in [1.82, 2.24) is 9.97 Å². The second kappa shape index (κ2) is 6.51. The van der Waals surface area contributed by atoms with Crippen molar-refractivity contribution >= 4 is 23.7 Å². The minimum absolute atomic E-state index is 0.0957. The molecule has 0 spiro atoms. The molecule has 1 N–H and O–H groups in total. The third kappa shape index (κ3) is 3.38. The van der Waals surface area contributed by atoms with Gasteiger partial charge in [-0.25, -0.2) is 9.97 Å². The first-order chi connectivity index (χ1) is 8.11. The predicted molar refractivity (Wildman–Crippen MR) is 66.6 cm³/mol. The number of nitrogens with zero attached hydrogens (tertiary/aromatic N) is 3. The van der Waals surface area contributed by atoms with Gasteiger partial charge in [0.25, 0.3) is 0 Å². The molecule has 0 saturated heterocycles. The van der Waals surface area contributed by atoms with E-state index < -0.39 is 0 Å². The average molecular weight is 258 g/mol. The van der Waals surface area contributed by atoms with Crippen molar-refractivity contribution in [2.24, 2.45) is 0 Å². The van der Waals surface area contributed by atoms with E-state index in [1.165, 1.54) is 6.33 Å². The van der Waals surface area contributed by atoms with Gasteiger partial charge in [-0.15, -0.1) is 0 Å². The second-order valence-electron chi connectivity index (χ2n) is 3.88. The van der Waals surface area contributed by atoms with Crippen molar-refractivity contribution in [1.29, 1.82) is 0 Å². The molecule has 0 atom stereocenters. The number of hydrogen-bond donors (Lipinski definition) is 1. The molecule has 0 bridgehead atoms. The fourth-order valence-corrected chi connectivity index (χ4v) is 1.72. The highest BCUT2D eigenvalue weighted by Gasteiger charge is 2.18. The maximum absolute atomic E-state index is 11.0. The van der Waals surface area contributed by atoms with Gasteiger partial charge in [-0.1, -0.05) is 11.6 Å². The quantitative estimate of drug-likeness (QED) is 0.619. The maximum atomic E-state index is 11.0. The monoisotopic (exact) mass is 257 g/mol. The van der Waals surface area contributed by atoms with E-state index in [0.29, 0.717) is 30.6 Å². The summed E-state index contributed by atoms with van der Waals surface area (Å²) in [4.78, 5) is 20.8. The largest absolute Gasteiger partial charge is 0.396 e. The van der Waals surface area contributed by atoms with Crippen LogP contribution in [0.25, 0.3) is 0 Å². The number of aromatic nitrogens is 2. The molecular weight excluding hydrogens is 242 g/mol. The van der Waals surface area contributed by atoms with E-state index in [1.807, 2.05) is 18.7 Å². The summed E-state index contributed by atoms with van der Waals surface area (Å²) in [5.41, 5.74) is 0.292. The molecule has 17 heavy (non-hydrogen) atoms. The highest BCUT2D eigenvalue weighted by atomic mass is 35.5. The summed E-state index contributed by atoms with van der Waals surface area (Å²) < 4.78 is 0. The van der Waals surface area contributed by atoms with Gasteiger partial charge >= 0.3 is 0 Å². The first kappa shape index (κ1) is 13.9. The number of carbonyl (C=O) groups is 1. The summed E-state index contributed by atoms with van der Waals surface area (Å²) in [6.07, 6.45) is 2.60. The highest BCUT2D eigenvalue weighted by Crippen LogP contribution is 2.23. The Morgan fingerprint density at radius 2 is 2.24 bits per heavy atom. The van der Waals surface area contributed by atoms with Crippen molar-refractivity contribution < 1.29 is 9.90 Å². The summed E-state index contributed by atoms with van der Waals surface area (Å²) in [5.74, 6) is 0.517. The second-order valence-corrected chi connectivity index (χ2v) is 4.24. The molecule has 0 radical (unpaired) electrons. The van der Waals surface area contributed by atoms with Crippen LogP contribution >= 0.6 is 11.6 Å². The Morgan fingerprint density at radius 1 is 1.53 bits per heavy atom. The normalized spacial score (nSPS) is 10.6. The van der Waals surface area contributed by atoms with Gasteiger partial charge in [0, 0.05) is 19.2 Å². The zero-order valence-corrected chi connectivity index (χ0v) is 10.7. The molecule has 94 valence electrons. The molecule has 1 rings (SSSR count). The van der Waals surface area contributed by atoms with Crippen molar-refractivity contribution in [3.63, 3.8) is 0 Å². The van der Waals surface area contributed by atoms with Gasteiger partial charge in [-0.2, -0.15) is 0 Å². The smallest absolute Gasteiger partial charge is 0.156 e. The SMILES string of the molecule is CC(C)N(CCCO)c1ncnc(Cl)c1C=O. The van der Waals surface area contributed by atoms with Crippen molar-refractivity contribution in [2.75, 3.05) is 18.1 Å². The molecule has 1 aromatic rings. The molecule has 1 aromatic heterocycles. The van der Waals surface area contributed by atoms with Gasteiger partial charge in [0.1, 0.15) is 17.3 Å². The molecular formula is C11H16ClN3O2. The summed E-state index contributed by atoms with van der Waals surface area (Å²) in [5, 5.41) is 9.02. The average Bonchev–Trinajstić information content (AvgIpc) is 2.29. The Bertz CT molecular complexity index is 385. The van der Waals surface area contributed by atoms with Gasteiger partial charge in [0.15, 0.2) is 6.29 Å². The Hall–Kier alpha value is -1.20. The van der Waals surface area contributed by atoms with Crippen LogP contribution in [0.2, 0.25) is 5.15 Å². The Labute approximate surface area is 105 Å². The fraction of sp³-hybridized carbons (Fsp3) is 0.545. The van der Waals surface area contributed by atoms with Crippen LogP contribution in [-0.2, 0) is 0 Å². The third-order valence-corrected chi connectivity index (χ3v) is 2.69. The van der Waals surface area contributed by atoms with Crippen LogP contribution in [0.3, 0.4) is 0 Å². The van der Waals surface area contributed by atoms with Crippen LogP contribution in [0, 0.1) is 0 Å². The molecule has 0 saturated carbocycles. The van der Waals surface area contributed by atoms with E-state index in [0.717, 1.165) is 0 Å². The lowest BCUT2D eigenvalue weighted by molar-refractivity contribution is 0.112. The van der Waals surface area contributed by atoms with Crippen LogP contribution in [0.4, 0.5) is 5.82 Å². The van der Waals surface area contributed by atoms with Crippen molar-refractivity contribution in [2.45, 2.75) is 26.3 Å². The summed E-state index contributed by atoms with van der Waals surface area (Å²) in [6, 6.07) is 0.159. The molecule has 1 heterocycles. The third-order valence-electron chi connectivity index (χ3n) is 2.38. The number of hydrogen-bond acceptors (Lipinski definition) is 5. The number of rotatable bonds is 6. The minimum atomic E-state index is 0.0957. The van der Waals surface area contributed by atoms with Crippen LogP contribution in [0.5, 0.6) is 0 Å². The van der Waals surface area contributed by atoms with Crippen LogP contribution in [0.1, 0.15) is 30.6 Å². The summed E-state index contributed by atoms with van der Waals surface area (Å²) >= 11 is 5.85. The molecule has 0 aromatic carbocycles. The van der Waals surface area contributed by atoms with Gasteiger partial charge in [0.05, 0.1) is 5.56 Å². The summed E-state index contributed by atoms with van der Waals surface area (Å²) in [7, 11) is 0. The number of aliphatic hydroxyl groups excluding tert-OH is 1. The van der Waals surface area contributed by atoms with E-state index in [-0.39, 0.29) is 17.8 Å². The lowest BCUT2D eigenvalue weighted by Gasteiger charge is -2.28. The van der Waals surface area contributed by atoms with E-state index in [1.54, 1.807) is 0 Å². The highest BCUT2D eigenvalue weighted by molar-refractivity contribution is 6.32. The molecule has 5 nitrogen and oxygen atoms in total. The molecule has 0 unspecified atom stereocenters. The topological polar surface area (TPSA) is 66.3 Å². The number of anilines is 1. The maximum Gasteiger partial charge on any atom is 0.156 e. The minimum Gasteiger partial charge on any atom is -0.396 e. The molecule has 0 amide bonds.